The van der Waals surface area contributed by atoms with E-state index in [-0.39, 0.29) is 0 Å². The second-order valence-electron chi connectivity index (χ2n) is 5.99. The van der Waals surface area contributed by atoms with Gasteiger partial charge >= 0.3 is 0 Å². The number of aliphatic hydroxyl groups excluding tert-OH is 1. The first-order valence-electron chi connectivity index (χ1n) is 7.79. The Kier molecular flexibility index (Phi) is 5.20. The Morgan fingerprint density at radius 1 is 1.32 bits per heavy atom. The SMILES string of the molecule is C[C@@H]1CN(Cc2cscn2)CCN1C[C@H](O)c1ccccc1. The summed E-state index contributed by atoms with van der Waals surface area (Å²) in [6, 6.07) is 10.4. The van der Waals surface area contributed by atoms with Crippen molar-refractivity contribution < 1.29 is 5.11 Å². The maximum Gasteiger partial charge on any atom is 0.0917 e. The highest BCUT2D eigenvalue weighted by Crippen LogP contribution is 2.18. The molecule has 1 aromatic carbocycles. The number of piperazine rings is 1. The van der Waals surface area contributed by atoms with Crippen LogP contribution in [0.1, 0.15) is 24.3 Å². The van der Waals surface area contributed by atoms with Gasteiger partial charge in [0.05, 0.1) is 17.3 Å². The molecule has 2 heterocycles. The van der Waals surface area contributed by atoms with E-state index >= 15 is 0 Å². The Labute approximate surface area is 136 Å². The minimum absolute atomic E-state index is 0.409. The Bertz CT molecular complexity index is 561. The fraction of sp³-hybridized carbons (Fsp3) is 0.471. The number of thiazole rings is 1. The average Bonchev–Trinajstić information content (AvgIpc) is 3.04. The van der Waals surface area contributed by atoms with Crippen molar-refractivity contribution in [2.75, 3.05) is 26.2 Å². The van der Waals surface area contributed by atoms with Crippen molar-refractivity contribution in [3.05, 3.63) is 52.5 Å². The first kappa shape index (κ1) is 15.6. The third-order valence-electron chi connectivity index (χ3n) is 4.31. The fourth-order valence-corrected chi connectivity index (χ4v) is 3.58. The second-order valence-corrected chi connectivity index (χ2v) is 6.70. The number of hydrogen-bond acceptors (Lipinski definition) is 5. The molecule has 1 aliphatic heterocycles. The smallest absolute Gasteiger partial charge is 0.0917 e. The zero-order chi connectivity index (χ0) is 15.4. The van der Waals surface area contributed by atoms with E-state index in [1.165, 1.54) is 0 Å². The topological polar surface area (TPSA) is 39.6 Å². The number of β-amino-alcohol motifs (C(OH)–C–C–N with tert-alkyl or cyclic N) is 1. The first-order chi connectivity index (χ1) is 10.7. The number of hydrogen-bond donors (Lipinski definition) is 1. The van der Waals surface area contributed by atoms with Crippen LogP contribution in [0.3, 0.4) is 0 Å². The predicted octanol–water partition coefficient (Wildman–Crippen LogP) is 2.38. The highest BCUT2D eigenvalue weighted by molar-refractivity contribution is 7.07. The third-order valence-corrected chi connectivity index (χ3v) is 4.95. The molecule has 3 rings (SSSR count). The molecule has 0 radical (unpaired) electrons. The Hall–Kier alpha value is -1.27. The number of benzene rings is 1. The largest absolute Gasteiger partial charge is 0.387 e. The molecular weight excluding hydrogens is 294 g/mol. The summed E-state index contributed by atoms with van der Waals surface area (Å²) in [7, 11) is 0. The quantitative estimate of drug-likeness (QED) is 0.919. The average molecular weight is 317 g/mol. The molecule has 1 aromatic heterocycles. The second kappa shape index (κ2) is 7.33. The molecule has 0 aliphatic carbocycles. The van der Waals surface area contributed by atoms with Crippen LogP contribution < -0.4 is 0 Å². The molecule has 2 atom stereocenters. The molecule has 1 N–H and O–H groups in total. The van der Waals surface area contributed by atoms with Crippen LogP contribution in [-0.2, 0) is 6.54 Å². The van der Waals surface area contributed by atoms with E-state index in [1.54, 1.807) is 11.3 Å². The van der Waals surface area contributed by atoms with E-state index in [1.807, 2.05) is 35.8 Å². The van der Waals surface area contributed by atoms with E-state index in [2.05, 4.69) is 27.1 Å². The van der Waals surface area contributed by atoms with Crippen molar-refractivity contribution in [1.82, 2.24) is 14.8 Å². The molecule has 118 valence electrons. The number of rotatable bonds is 5. The van der Waals surface area contributed by atoms with Crippen LogP contribution >= 0.6 is 11.3 Å². The number of nitrogens with zero attached hydrogens (tertiary/aromatic N) is 3. The first-order valence-corrected chi connectivity index (χ1v) is 8.73. The van der Waals surface area contributed by atoms with Gasteiger partial charge in [-0.1, -0.05) is 30.3 Å². The lowest BCUT2D eigenvalue weighted by atomic mass is 10.1. The van der Waals surface area contributed by atoms with Gasteiger partial charge in [-0.25, -0.2) is 4.98 Å². The summed E-state index contributed by atoms with van der Waals surface area (Å²) < 4.78 is 0. The Morgan fingerprint density at radius 2 is 2.14 bits per heavy atom. The van der Waals surface area contributed by atoms with Crippen molar-refractivity contribution in [2.45, 2.75) is 25.6 Å². The van der Waals surface area contributed by atoms with Crippen LogP contribution in [0.15, 0.2) is 41.2 Å². The van der Waals surface area contributed by atoms with Crippen LogP contribution in [0, 0.1) is 0 Å². The highest BCUT2D eigenvalue weighted by atomic mass is 32.1. The summed E-state index contributed by atoms with van der Waals surface area (Å²) in [6.45, 7) is 6.93. The highest BCUT2D eigenvalue weighted by Gasteiger charge is 2.25. The maximum atomic E-state index is 10.4. The van der Waals surface area contributed by atoms with E-state index < -0.39 is 6.10 Å². The molecular formula is C17H23N3OS. The standard InChI is InChI=1S/C17H23N3OS/c1-14-9-19(10-16-12-22-13-18-16)7-8-20(14)11-17(21)15-5-3-2-4-6-15/h2-6,12-14,17,21H,7-11H2,1H3/t14-,17+/m1/s1. The molecule has 5 heteroatoms. The summed E-state index contributed by atoms with van der Waals surface area (Å²) in [5, 5.41) is 12.5. The summed E-state index contributed by atoms with van der Waals surface area (Å²) in [4.78, 5) is 9.20. The molecule has 0 spiro atoms. The van der Waals surface area contributed by atoms with Crippen molar-refractivity contribution in [3.63, 3.8) is 0 Å². The minimum atomic E-state index is -0.409. The molecule has 22 heavy (non-hydrogen) atoms. The zero-order valence-corrected chi connectivity index (χ0v) is 13.7. The normalized spacial score (nSPS) is 21.8. The third kappa shape index (κ3) is 3.93. The van der Waals surface area contributed by atoms with Crippen LogP contribution in [0.2, 0.25) is 0 Å². The molecule has 1 aliphatic rings. The van der Waals surface area contributed by atoms with Gasteiger partial charge in [0, 0.05) is 44.1 Å². The predicted molar refractivity (Wildman–Crippen MR) is 89.8 cm³/mol. The van der Waals surface area contributed by atoms with Crippen molar-refractivity contribution in [1.29, 1.82) is 0 Å². The van der Waals surface area contributed by atoms with Crippen LogP contribution in [-0.4, -0.2) is 52.1 Å². The van der Waals surface area contributed by atoms with Gasteiger partial charge in [-0.05, 0) is 12.5 Å². The lowest BCUT2D eigenvalue weighted by molar-refractivity contribution is 0.0359. The van der Waals surface area contributed by atoms with Gasteiger partial charge in [0.1, 0.15) is 0 Å². The number of aliphatic hydroxyl groups is 1. The fourth-order valence-electron chi connectivity index (χ4n) is 3.03. The summed E-state index contributed by atoms with van der Waals surface area (Å²) in [6.07, 6.45) is -0.409. The van der Waals surface area contributed by atoms with E-state index in [9.17, 15) is 5.11 Å². The molecule has 1 fully saturated rings. The molecule has 0 amide bonds. The van der Waals surface area contributed by atoms with Gasteiger partial charge in [-0.15, -0.1) is 11.3 Å². The van der Waals surface area contributed by atoms with Crippen LogP contribution in [0.25, 0.3) is 0 Å². The zero-order valence-electron chi connectivity index (χ0n) is 12.9. The summed E-state index contributed by atoms with van der Waals surface area (Å²) in [5.74, 6) is 0. The summed E-state index contributed by atoms with van der Waals surface area (Å²) in [5.41, 5.74) is 4.06. The van der Waals surface area contributed by atoms with Crippen molar-refractivity contribution in [2.24, 2.45) is 0 Å². The lowest BCUT2D eigenvalue weighted by Gasteiger charge is -2.40. The maximum absolute atomic E-state index is 10.4. The molecule has 0 saturated carbocycles. The molecule has 2 aromatic rings. The molecule has 4 nitrogen and oxygen atoms in total. The number of aromatic nitrogens is 1. The molecule has 1 saturated heterocycles. The van der Waals surface area contributed by atoms with E-state index in [4.69, 9.17) is 0 Å². The monoisotopic (exact) mass is 317 g/mol. The van der Waals surface area contributed by atoms with Gasteiger partial charge in [-0.2, -0.15) is 0 Å². The van der Waals surface area contributed by atoms with Gasteiger partial charge in [0.15, 0.2) is 0 Å². The summed E-state index contributed by atoms with van der Waals surface area (Å²) >= 11 is 1.65. The lowest BCUT2D eigenvalue weighted by Crippen LogP contribution is -2.52. The van der Waals surface area contributed by atoms with Crippen molar-refractivity contribution in [3.8, 4) is 0 Å². The molecule has 0 bridgehead atoms. The van der Waals surface area contributed by atoms with Gasteiger partial charge in [-0.3, -0.25) is 9.80 Å². The van der Waals surface area contributed by atoms with Crippen LogP contribution in [0.4, 0.5) is 0 Å². The van der Waals surface area contributed by atoms with Gasteiger partial charge in [0.25, 0.3) is 0 Å². The molecule has 0 unspecified atom stereocenters. The Morgan fingerprint density at radius 3 is 2.82 bits per heavy atom. The minimum Gasteiger partial charge on any atom is -0.387 e. The Balaban J connectivity index is 1.52. The van der Waals surface area contributed by atoms with Gasteiger partial charge < -0.3 is 5.11 Å². The van der Waals surface area contributed by atoms with E-state index in [0.29, 0.717) is 12.6 Å². The van der Waals surface area contributed by atoms with Crippen molar-refractivity contribution >= 4 is 11.3 Å². The van der Waals surface area contributed by atoms with E-state index in [0.717, 1.165) is 37.4 Å². The van der Waals surface area contributed by atoms with Crippen LogP contribution in [0.5, 0.6) is 0 Å². The van der Waals surface area contributed by atoms with Gasteiger partial charge in [0.2, 0.25) is 0 Å².